The molecule has 0 saturated carbocycles. The second kappa shape index (κ2) is 5.21. The molecule has 0 spiro atoms. The van der Waals surface area contributed by atoms with Crippen molar-refractivity contribution in [3.05, 3.63) is 34.4 Å². The monoisotopic (exact) mass is 245 g/mol. The van der Waals surface area contributed by atoms with Gasteiger partial charge < -0.3 is 5.73 Å². The summed E-state index contributed by atoms with van der Waals surface area (Å²) in [5.41, 5.74) is 13.4. The lowest BCUT2D eigenvalue weighted by atomic mass is 9.96. The van der Waals surface area contributed by atoms with Crippen molar-refractivity contribution in [1.82, 2.24) is 5.43 Å². The van der Waals surface area contributed by atoms with Crippen LogP contribution in [0.1, 0.15) is 41.5 Å². The number of carbonyl (C=O) groups is 1. The van der Waals surface area contributed by atoms with E-state index in [0.29, 0.717) is 0 Å². The number of fused-ring (bicyclic) bond motifs is 1. The lowest BCUT2D eigenvalue weighted by molar-refractivity contribution is 0.249. The van der Waals surface area contributed by atoms with Crippen LogP contribution in [0.5, 0.6) is 0 Å². The largest absolute Gasteiger partial charge is 0.350 e. The Morgan fingerprint density at radius 3 is 2.61 bits per heavy atom. The number of nitrogens with one attached hydrogen (secondary N) is 1. The molecule has 4 heteroatoms. The van der Waals surface area contributed by atoms with Crippen molar-refractivity contribution in [2.24, 2.45) is 10.8 Å². The molecule has 0 unspecified atom stereocenters. The number of rotatable bonds is 1. The van der Waals surface area contributed by atoms with Crippen LogP contribution in [0.4, 0.5) is 4.79 Å². The highest BCUT2D eigenvalue weighted by atomic mass is 16.2. The summed E-state index contributed by atoms with van der Waals surface area (Å²) in [6.45, 7) is 4.22. The van der Waals surface area contributed by atoms with Gasteiger partial charge in [-0.1, -0.05) is 6.07 Å². The molecule has 0 radical (unpaired) electrons. The second-order valence-electron chi connectivity index (χ2n) is 4.84. The van der Waals surface area contributed by atoms with E-state index in [1.54, 1.807) is 0 Å². The Balaban J connectivity index is 2.43. The molecule has 0 aliphatic heterocycles. The third-order valence-electron chi connectivity index (χ3n) is 3.44. The number of carbonyl (C=O) groups excluding carboxylic acids is 1. The van der Waals surface area contributed by atoms with Crippen LogP contribution >= 0.6 is 0 Å². The Labute approximate surface area is 107 Å². The lowest BCUT2D eigenvalue weighted by Crippen LogP contribution is -2.26. The zero-order valence-electron chi connectivity index (χ0n) is 10.9. The number of aryl methyl sites for hydroxylation is 3. The molecule has 18 heavy (non-hydrogen) atoms. The summed E-state index contributed by atoms with van der Waals surface area (Å²) in [7, 11) is 0. The van der Waals surface area contributed by atoms with Crippen LogP contribution in [0.2, 0.25) is 0 Å². The van der Waals surface area contributed by atoms with Gasteiger partial charge in [0.1, 0.15) is 0 Å². The van der Waals surface area contributed by atoms with Gasteiger partial charge in [0, 0.05) is 5.56 Å². The Morgan fingerprint density at radius 1 is 1.22 bits per heavy atom. The molecular formula is C14H19N3O. The summed E-state index contributed by atoms with van der Waals surface area (Å²) in [6.07, 6.45) is 4.21. The number of nitrogens with zero attached hydrogens (tertiary/aromatic N) is 1. The van der Waals surface area contributed by atoms with E-state index in [1.807, 2.05) is 0 Å². The fourth-order valence-corrected chi connectivity index (χ4v) is 2.33. The quantitative estimate of drug-likeness (QED) is 0.579. The Kier molecular flexibility index (Phi) is 3.65. The van der Waals surface area contributed by atoms with Gasteiger partial charge in [-0.15, -0.1) is 0 Å². The highest BCUT2D eigenvalue weighted by Crippen LogP contribution is 2.24. The van der Waals surface area contributed by atoms with Crippen LogP contribution in [-0.4, -0.2) is 11.7 Å². The highest BCUT2D eigenvalue weighted by molar-refractivity contribution is 6.02. The van der Waals surface area contributed by atoms with E-state index in [9.17, 15) is 4.79 Å². The zero-order chi connectivity index (χ0) is 13.1. The number of hydrazone groups is 1. The fourth-order valence-electron chi connectivity index (χ4n) is 2.33. The summed E-state index contributed by atoms with van der Waals surface area (Å²) >= 11 is 0. The van der Waals surface area contributed by atoms with Gasteiger partial charge in [-0.05, 0) is 62.3 Å². The van der Waals surface area contributed by atoms with Gasteiger partial charge >= 0.3 is 6.03 Å². The minimum absolute atomic E-state index is 0.614. The van der Waals surface area contributed by atoms with Gasteiger partial charge in [-0.2, -0.15) is 5.10 Å². The number of hydrogen-bond donors (Lipinski definition) is 2. The zero-order valence-corrected chi connectivity index (χ0v) is 10.9. The van der Waals surface area contributed by atoms with E-state index in [-0.39, 0.29) is 0 Å². The topological polar surface area (TPSA) is 67.5 Å². The van der Waals surface area contributed by atoms with E-state index in [4.69, 9.17) is 5.73 Å². The van der Waals surface area contributed by atoms with Crippen LogP contribution in [0.3, 0.4) is 0 Å². The van der Waals surface area contributed by atoms with Crippen molar-refractivity contribution < 1.29 is 4.79 Å². The van der Waals surface area contributed by atoms with Gasteiger partial charge in [0.25, 0.3) is 0 Å². The van der Waals surface area contributed by atoms with Gasteiger partial charge in [-0.3, -0.25) is 0 Å². The maximum absolute atomic E-state index is 10.8. The second-order valence-corrected chi connectivity index (χ2v) is 4.84. The Morgan fingerprint density at radius 2 is 1.89 bits per heavy atom. The molecule has 1 aliphatic carbocycles. The van der Waals surface area contributed by atoms with Crippen molar-refractivity contribution in [1.29, 1.82) is 0 Å². The van der Waals surface area contributed by atoms with Gasteiger partial charge in [0.05, 0.1) is 5.71 Å². The molecule has 0 fully saturated rings. The predicted octanol–water partition coefficient (Wildman–Crippen LogP) is 2.40. The lowest BCUT2D eigenvalue weighted by Gasteiger charge is -2.11. The molecule has 0 bridgehead atoms. The summed E-state index contributed by atoms with van der Waals surface area (Å²) in [5.74, 6) is 0. The van der Waals surface area contributed by atoms with Crippen molar-refractivity contribution in [3.8, 4) is 0 Å². The van der Waals surface area contributed by atoms with E-state index in [2.05, 4.69) is 36.5 Å². The smallest absolute Gasteiger partial charge is 0.332 e. The van der Waals surface area contributed by atoms with Crippen molar-refractivity contribution >= 4 is 11.7 Å². The van der Waals surface area contributed by atoms with E-state index in [0.717, 1.165) is 37.0 Å². The normalized spacial score (nSPS) is 17.1. The SMILES string of the molecule is Cc1cc2c(cc1C)/C(=N/NC(N)=O)CCCC2. The van der Waals surface area contributed by atoms with E-state index >= 15 is 0 Å². The highest BCUT2D eigenvalue weighted by Gasteiger charge is 2.15. The van der Waals surface area contributed by atoms with Gasteiger partial charge in [0.2, 0.25) is 0 Å². The first-order chi connectivity index (χ1) is 8.58. The van der Waals surface area contributed by atoms with Crippen molar-refractivity contribution in [3.63, 3.8) is 0 Å². The molecule has 0 atom stereocenters. The number of nitrogens with two attached hydrogens (primary N) is 1. The predicted molar refractivity (Wildman–Crippen MR) is 72.7 cm³/mol. The van der Waals surface area contributed by atoms with E-state index in [1.165, 1.54) is 16.7 Å². The molecule has 1 aliphatic rings. The van der Waals surface area contributed by atoms with Gasteiger partial charge in [0.15, 0.2) is 0 Å². The van der Waals surface area contributed by atoms with Crippen LogP contribution in [0.15, 0.2) is 17.2 Å². The Bertz CT molecular complexity index is 506. The molecule has 3 N–H and O–H groups in total. The third-order valence-corrected chi connectivity index (χ3v) is 3.44. The van der Waals surface area contributed by atoms with Crippen molar-refractivity contribution in [2.45, 2.75) is 39.5 Å². The number of urea groups is 1. The molecule has 2 amide bonds. The number of hydrogen-bond acceptors (Lipinski definition) is 2. The maximum Gasteiger partial charge on any atom is 0.332 e. The maximum atomic E-state index is 10.8. The Hall–Kier alpha value is -1.84. The first kappa shape index (κ1) is 12.6. The molecule has 4 nitrogen and oxygen atoms in total. The number of amides is 2. The van der Waals surface area contributed by atoms with Gasteiger partial charge in [-0.25, -0.2) is 10.2 Å². The average molecular weight is 245 g/mol. The molecule has 0 heterocycles. The fraction of sp³-hybridized carbons (Fsp3) is 0.429. The van der Waals surface area contributed by atoms with Crippen LogP contribution in [0.25, 0.3) is 0 Å². The number of primary amides is 1. The molecule has 2 rings (SSSR count). The standard InChI is InChI=1S/C14H19N3O/c1-9-7-11-5-3-4-6-13(16-17-14(15)18)12(11)8-10(9)2/h7-8H,3-6H2,1-2H3,(H3,15,17,18)/b16-13+. The summed E-state index contributed by atoms with van der Waals surface area (Å²) in [5, 5.41) is 4.15. The summed E-state index contributed by atoms with van der Waals surface area (Å²) < 4.78 is 0. The van der Waals surface area contributed by atoms with E-state index < -0.39 is 6.03 Å². The van der Waals surface area contributed by atoms with Crippen LogP contribution in [-0.2, 0) is 6.42 Å². The summed E-state index contributed by atoms with van der Waals surface area (Å²) in [6, 6.07) is 3.78. The molecule has 1 aromatic carbocycles. The van der Waals surface area contributed by atoms with Crippen LogP contribution < -0.4 is 11.2 Å². The minimum atomic E-state index is -0.614. The number of benzene rings is 1. The first-order valence-electron chi connectivity index (χ1n) is 6.30. The van der Waals surface area contributed by atoms with Crippen LogP contribution in [0, 0.1) is 13.8 Å². The molecule has 96 valence electrons. The van der Waals surface area contributed by atoms with Crippen molar-refractivity contribution in [2.75, 3.05) is 0 Å². The summed E-state index contributed by atoms with van der Waals surface area (Å²) in [4.78, 5) is 10.8. The average Bonchev–Trinajstić information content (AvgIpc) is 2.50. The molecular weight excluding hydrogens is 226 g/mol. The molecule has 0 saturated heterocycles. The third kappa shape index (κ3) is 2.70. The minimum Gasteiger partial charge on any atom is -0.350 e. The first-order valence-corrected chi connectivity index (χ1v) is 6.30. The molecule has 1 aromatic rings. The molecule has 0 aromatic heterocycles.